The number of benzene rings is 4. The van der Waals surface area contributed by atoms with Gasteiger partial charge in [-0.1, -0.05) is 48.5 Å². The minimum Gasteiger partial charge on any atom is -0.487 e. The highest BCUT2D eigenvalue weighted by molar-refractivity contribution is 9.11. The van der Waals surface area contributed by atoms with E-state index < -0.39 is 17.8 Å². The molecule has 0 atom stereocenters. The van der Waals surface area contributed by atoms with E-state index in [9.17, 15) is 18.8 Å². The first-order chi connectivity index (χ1) is 18.8. The molecular weight excluding hydrogens is 631 g/mol. The zero-order valence-corrected chi connectivity index (χ0v) is 23.4. The van der Waals surface area contributed by atoms with Crippen LogP contribution in [0, 0.1) is 5.82 Å². The Balaban J connectivity index is 1.51. The molecule has 39 heavy (non-hydrogen) atoms. The van der Waals surface area contributed by atoms with E-state index in [0.29, 0.717) is 31.6 Å². The molecule has 0 radical (unpaired) electrons. The van der Waals surface area contributed by atoms with Gasteiger partial charge >= 0.3 is 6.03 Å². The molecular formula is C30H19Br2FN2O4. The van der Waals surface area contributed by atoms with Crippen LogP contribution in [0.25, 0.3) is 6.08 Å². The van der Waals surface area contributed by atoms with Crippen LogP contribution >= 0.6 is 31.9 Å². The van der Waals surface area contributed by atoms with Crippen LogP contribution in [0.15, 0.2) is 112 Å². The fourth-order valence-corrected chi connectivity index (χ4v) is 5.49. The maximum absolute atomic E-state index is 13.6. The molecule has 9 heteroatoms. The van der Waals surface area contributed by atoms with Crippen molar-refractivity contribution in [3.05, 3.63) is 129 Å². The van der Waals surface area contributed by atoms with E-state index in [4.69, 9.17) is 4.74 Å². The Morgan fingerprint density at radius 3 is 1.69 bits per heavy atom. The molecule has 0 saturated carbocycles. The Bertz CT molecular complexity index is 1510. The molecule has 1 aliphatic heterocycles. The van der Waals surface area contributed by atoms with Gasteiger partial charge in [-0.3, -0.25) is 9.59 Å². The van der Waals surface area contributed by atoms with Crippen LogP contribution in [-0.2, 0) is 16.2 Å². The Labute approximate surface area is 240 Å². The summed E-state index contributed by atoms with van der Waals surface area (Å²) in [4.78, 5) is 42.5. The van der Waals surface area contributed by atoms with Crippen LogP contribution in [-0.4, -0.2) is 17.8 Å². The summed E-state index contributed by atoms with van der Waals surface area (Å²) < 4.78 is 20.2. The van der Waals surface area contributed by atoms with E-state index in [1.165, 1.54) is 18.2 Å². The second-order valence-corrected chi connectivity index (χ2v) is 10.2. The standard InChI is InChI=1S/C30H19Br2FN2O4/c31-25-16-20(17-26(32)27(25)39-18-19-11-13-21(33)14-12-19)15-24-28(36)34(22-7-3-1-4-8-22)30(38)35(29(24)37)23-9-5-2-6-10-23/h1-17H,18H2. The number of carbonyl (C=O) groups excluding carboxylic acids is 3. The molecule has 1 heterocycles. The zero-order chi connectivity index (χ0) is 27.5. The fraction of sp³-hybridized carbons (Fsp3) is 0.0333. The van der Waals surface area contributed by atoms with Crippen molar-refractivity contribution in [2.75, 3.05) is 9.80 Å². The van der Waals surface area contributed by atoms with Crippen LogP contribution < -0.4 is 14.5 Å². The molecule has 0 N–H and O–H groups in total. The average molecular weight is 650 g/mol. The first kappa shape index (κ1) is 26.5. The number of hydrogen-bond acceptors (Lipinski definition) is 4. The maximum atomic E-state index is 13.6. The Morgan fingerprint density at radius 1 is 0.718 bits per heavy atom. The second kappa shape index (κ2) is 11.3. The fourth-order valence-electron chi connectivity index (χ4n) is 4.04. The number of halogens is 3. The average Bonchev–Trinajstić information content (AvgIpc) is 2.93. The van der Waals surface area contributed by atoms with E-state index >= 15 is 0 Å². The number of hydrogen-bond donors (Lipinski definition) is 0. The predicted molar refractivity (Wildman–Crippen MR) is 154 cm³/mol. The van der Waals surface area contributed by atoms with E-state index in [2.05, 4.69) is 31.9 Å². The summed E-state index contributed by atoms with van der Waals surface area (Å²) in [6.07, 6.45) is 1.45. The summed E-state index contributed by atoms with van der Waals surface area (Å²) in [7, 11) is 0. The second-order valence-electron chi connectivity index (χ2n) is 8.52. The zero-order valence-electron chi connectivity index (χ0n) is 20.2. The lowest BCUT2D eigenvalue weighted by molar-refractivity contribution is -0.121. The molecule has 1 aliphatic rings. The van der Waals surface area contributed by atoms with Crippen molar-refractivity contribution in [2.45, 2.75) is 6.61 Å². The normalized spacial score (nSPS) is 13.6. The maximum Gasteiger partial charge on any atom is 0.343 e. The number of barbiturate groups is 1. The first-order valence-corrected chi connectivity index (χ1v) is 13.3. The molecule has 0 aliphatic carbocycles. The Kier molecular flexibility index (Phi) is 7.72. The monoisotopic (exact) mass is 648 g/mol. The van der Waals surface area contributed by atoms with Crippen LogP contribution in [0.1, 0.15) is 11.1 Å². The highest BCUT2D eigenvalue weighted by Crippen LogP contribution is 2.37. The molecule has 5 rings (SSSR count). The predicted octanol–water partition coefficient (Wildman–Crippen LogP) is 7.51. The topological polar surface area (TPSA) is 66.9 Å². The summed E-state index contributed by atoms with van der Waals surface area (Å²) in [5.74, 6) is -1.29. The number of carbonyl (C=O) groups is 3. The lowest BCUT2D eigenvalue weighted by Gasteiger charge is -2.34. The van der Waals surface area contributed by atoms with E-state index in [0.717, 1.165) is 15.4 Å². The SMILES string of the molecule is O=C1C(=Cc2cc(Br)c(OCc3ccc(F)cc3)c(Br)c2)C(=O)N(c2ccccc2)C(=O)N1c1ccccc1. The molecule has 1 fully saturated rings. The summed E-state index contributed by atoms with van der Waals surface area (Å²) in [5, 5.41) is 0. The van der Waals surface area contributed by atoms with Crippen LogP contribution in [0.4, 0.5) is 20.6 Å². The number of imide groups is 2. The Hall–Kier alpha value is -4.08. The Morgan fingerprint density at radius 2 is 1.21 bits per heavy atom. The smallest absolute Gasteiger partial charge is 0.343 e. The molecule has 0 unspecified atom stereocenters. The van der Waals surface area contributed by atoms with Gasteiger partial charge in [-0.2, -0.15) is 0 Å². The van der Waals surface area contributed by atoms with Gasteiger partial charge in [0.2, 0.25) is 0 Å². The van der Waals surface area contributed by atoms with Gasteiger partial charge in [0.25, 0.3) is 11.8 Å². The summed E-state index contributed by atoms with van der Waals surface area (Å²) in [6, 6.07) is 25.5. The summed E-state index contributed by atoms with van der Waals surface area (Å²) >= 11 is 6.99. The number of amides is 4. The number of rotatable bonds is 6. The number of urea groups is 1. The van der Waals surface area contributed by atoms with Gasteiger partial charge in [0.05, 0.1) is 20.3 Å². The van der Waals surface area contributed by atoms with Crippen molar-refractivity contribution in [1.29, 1.82) is 0 Å². The molecule has 6 nitrogen and oxygen atoms in total. The van der Waals surface area contributed by atoms with Gasteiger partial charge in [-0.25, -0.2) is 19.0 Å². The van der Waals surface area contributed by atoms with Gasteiger partial charge in [-0.15, -0.1) is 0 Å². The first-order valence-electron chi connectivity index (χ1n) is 11.7. The lowest BCUT2D eigenvalue weighted by Crippen LogP contribution is -2.57. The van der Waals surface area contributed by atoms with E-state index in [-0.39, 0.29) is 18.0 Å². The van der Waals surface area contributed by atoms with E-state index in [1.54, 1.807) is 84.9 Å². The van der Waals surface area contributed by atoms with Gasteiger partial charge in [0, 0.05) is 0 Å². The third kappa shape index (κ3) is 5.55. The minimum atomic E-state index is -0.758. The molecule has 0 aromatic heterocycles. The van der Waals surface area contributed by atoms with Crippen molar-refractivity contribution in [3.63, 3.8) is 0 Å². The van der Waals surface area contributed by atoms with Crippen molar-refractivity contribution >= 4 is 67.2 Å². The molecule has 4 amide bonds. The summed E-state index contributed by atoms with van der Waals surface area (Å²) in [6.45, 7) is 0.203. The van der Waals surface area contributed by atoms with Crippen LogP contribution in [0.5, 0.6) is 5.75 Å². The van der Waals surface area contributed by atoms with Crippen molar-refractivity contribution < 1.29 is 23.5 Å². The molecule has 0 bridgehead atoms. The van der Waals surface area contributed by atoms with Gasteiger partial charge in [0.1, 0.15) is 23.7 Å². The van der Waals surface area contributed by atoms with Crippen molar-refractivity contribution in [1.82, 2.24) is 0 Å². The molecule has 4 aromatic carbocycles. The third-order valence-electron chi connectivity index (χ3n) is 5.91. The molecule has 0 spiro atoms. The molecule has 1 saturated heterocycles. The molecule has 4 aromatic rings. The summed E-state index contributed by atoms with van der Waals surface area (Å²) in [5.41, 5.74) is 1.82. The van der Waals surface area contributed by atoms with Crippen molar-refractivity contribution in [3.8, 4) is 5.75 Å². The van der Waals surface area contributed by atoms with Crippen molar-refractivity contribution in [2.24, 2.45) is 0 Å². The quantitative estimate of drug-likeness (QED) is 0.160. The minimum absolute atomic E-state index is 0.180. The highest BCUT2D eigenvalue weighted by atomic mass is 79.9. The number of para-hydroxylation sites is 2. The number of nitrogens with zero attached hydrogens (tertiary/aromatic N) is 2. The van der Waals surface area contributed by atoms with Crippen LogP contribution in [0.2, 0.25) is 0 Å². The molecule has 194 valence electrons. The number of ether oxygens (including phenoxy) is 1. The van der Waals surface area contributed by atoms with E-state index in [1.807, 2.05) is 0 Å². The van der Waals surface area contributed by atoms with Gasteiger partial charge in [0.15, 0.2) is 0 Å². The largest absolute Gasteiger partial charge is 0.487 e. The third-order valence-corrected chi connectivity index (χ3v) is 7.08. The highest BCUT2D eigenvalue weighted by Gasteiger charge is 2.43. The van der Waals surface area contributed by atoms with Gasteiger partial charge < -0.3 is 4.74 Å². The lowest BCUT2D eigenvalue weighted by atomic mass is 10.0. The van der Waals surface area contributed by atoms with Crippen LogP contribution in [0.3, 0.4) is 0 Å². The van der Waals surface area contributed by atoms with Gasteiger partial charge in [-0.05, 0) is 97.6 Å². The number of anilines is 2.